The van der Waals surface area contributed by atoms with Gasteiger partial charge < -0.3 is 14.6 Å². The van der Waals surface area contributed by atoms with Crippen molar-refractivity contribution in [3.8, 4) is 0 Å². The Morgan fingerprint density at radius 1 is 0.818 bits per heavy atom. The number of ether oxygens (including phenoxy) is 2. The van der Waals surface area contributed by atoms with E-state index in [1.165, 1.54) is 63.9 Å². The van der Waals surface area contributed by atoms with E-state index in [4.69, 9.17) is 33.0 Å². The Kier molecular flexibility index (Phi) is 30.8. The van der Waals surface area contributed by atoms with E-state index in [-0.39, 0.29) is 25.6 Å². The molecule has 0 rings (SSSR count). The smallest absolute Gasteiger partial charge is 0.333 e. The van der Waals surface area contributed by atoms with Gasteiger partial charge in [-0.05, 0) is 36.5 Å². The zero-order valence-electron chi connectivity index (χ0n) is 20.0. The van der Waals surface area contributed by atoms with Crippen molar-refractivity contribution in [1.82, 2.24) is 0 Å². The zero-order valence-corrected chi connectivity index (χ0v) is 21.6. The molecular weight excluding hydrogens is 471 g/mol. The van der Waals surface area contributed by atoms with Gasteiger partial charge in [0.2, 0.25) is 10.5 Å². The molecule has 192 valence electrons. The molecule has 33 heavy (non-hydrogen) atoms. The fourth-order valence-electron chi connectivity index (χ4n) is 2.19. The molecule has 0 fully saturated rings. The lowest BCUT2D eigenvalue weighted by Gasteiger charge is -2.03. The number of halogens is 2. The van der Waals surface area contributed by atoms with Crippen LogP contribution in [-0.4, -0.2) is 47.4 Å². The van der Waals surface area contributed by atoms with Gasteiger partial charge in [0, 0.05) is 11.6 Å². The Labute approximate surface area is 208 Å². The van der Waals surface area contributed by atoms with Crippen molar-refractivity contribution in [2.75, 3.05) is 19.8 Å². The van der Waals surface area contributed by atoms with Crippen LogP contribution in [0.1, 0.15) is 84.5 Å². The maximum absolute atomic E-state index is 10.7. The number of aliphatic hydroxyl groups excluding tert-OH is 1. The molecule has 0 atom stereocenters. The molecule has 0 aromatic carbocycles. The summed E-state index contributed by atoms with van der Waals surface area (Å²) in [7, 11) is 0. The van der Waals surface area contributed by atoms with Crippen LogP contribution in [0.5, 0.6) is 0 Å². The fraction of sp³-hybridized carbons (Fsp3) is 0.667. The summed E-state index contributed by atoms with van der Waals surface area (Å²) in [6, 6.07) is 0. The largest absolute Gasteiger partial charge is 0.463 e. The normalized spacial score (nSPS) is 9.36. The Morgan fingerprint density at radius 2 is 1.27 bits per heavy atom. The third-order valence-corrected chi connectivity index (χ3v) is 4.13. The van der Waals surface area contributed by atoms with Crippen molar-refractivity contribution in [3.05, 3.63) is 24.8 Å². The molecule has 0 spiro atoms. The summed E-state index contributed by atoms with van der Waals surface area (Å²) in [6.45, 7) is 11.0. The molecule has 0 saturated carbocycles. The lowest BCUT2D eigenvalue weighted by Crippen LogP contribution is -2.08. The lowest BCUT2D eigenvalue weighted by atomic mass is 10.1. The van der Waals surface area contributed by atoms with Gasteiger partial charge >= 0.3 is 11.9 Å². The number of rotatable bonds is 17. The topological polar surface area (TPSA) is 107 Å². The number of carbonyl (C=O) groups excluding carboxylic acids is 4. The second-order valence-electron chi connectivity index (χ2n) is 7.08. The zero-order chi connectivity index (χ0) is 25.9. The van der Waals surface area contributed by atoms with Crippen LogP contribution in [0.25, 0.3) is 0 Å². The molecule has 0 radical (unpaired) electrons. The van der Waals surface area contributed by atoms with E-state index in [0.29, 0.717) is 12.2 Å². The third-order valence-electron chi connectivity index (χ3n) is 3.86. The van der Waals surface area contributed by atoms with E-state index in [1.54, 1.807) is 6.92 Å². The second kappa shape index (κ2) is 28.3. The number of hydrogen-bond acceptors (Lipinski definition) is 7. The van der Waals surface area contributed by atoms with Gasteiger partial charge in [0.1, 0.15) is 6.61 Å². The molecule has 0 heterocycles. The fourth-order valence-corrected chi connectivity index (χ4v) is 2.50. The Hall–Kier alpha value is -1.70. The van der Waals surface area contributed by atoms with Crippen molar-refractivity contribution in [2.45, 2.75) is 84.5 Å². The number of unbranched alkanes of at least 4 members (excludes halogenated alkanes) is 9. The van der Waals surface area contributed by atoms with Gasteiger partial charge in [0.25, 0.3) is 0 Å². The van der Waals surface area contributed by atoms with Gasteiger partial charge in [-0.25, -0.2) is 9.59 Å². The summed E-state index contributed by atoms with van der Waals surface area (Å²) in [5.74, 6) is -0.759. The van der Waals surface area contributed by atoms with Crippen molar-refractivity contribution >= 4 is 45.6 Å². The molecule has 0 aliphatic carbocycles. The van der Waals surface area contributed by atoms with Crippen molar-refractivity contribution in [1.29, 1.82) is 0 Å². The van der Waals surface area contributed by atoms with Crippen LogP contribution in [-0.2, 0) is 28.7 Å². The standard InChI is InChI=1S/C15H28O2.C6H10O3.C3H2Cl2O2/c1-3-5-6-7-8-9-10-11-12-13-14-17-15(16)4-2;1-5(2)6(8)9-4-3-7;4-2(6)1-3(5)7/h4H,2-3,5-14H2,1H3;7H,1,3-4H2,2H3;1H2. The van der Waals surface area contributed by atoms with Gasteiger partial charge in [0.05, 0.1) is 19.6 Å². The molecule has 0 amide bonds. The first kappa shape index (κ1) is 35.9. The van der Waals surface area contributed by atoms with Gasteiger partial charge in [-0.1, -0.05) is 77.9 Å². The highest BCUT2D eigenvalue weighted by atomic mass is 35.5. The van der Waals surface area contributed by atoms with Crippen LogP contribution >= 0.6 is 23.2 Å². The number of aliphatic hydroxyl groups is 1. The maximum atomic E-state index is 10.7. The van der Waals surface area contributed by atoms with E-state index in [0.717, 1.165) is 6.42 Å². The molecule has 1 N–H and O–H groups in total. The molecule has 0 aromatic rings. The highest BCUT2D eigenvalue weighted by Gasteiger charge is 2.01. The predicted molar refractivity (Wildman–Crippen MR) is 132 cm³/mol. The lowest BCUT2D eigenvalue weighted by molar-refractivity contribution is -0.140. The molecule has 0 bridgehead atoms. The van der Waals surface area contributed by atoms with E-state index >= 15 is 0 Å². The molecule has 7 nitrogen and oxygen atoms in total. The number of carbonyl (C=O) groups is 4. The van der Waals surface area contributed by atoms with Gasteiger partial charge in [-0.15, -0.1) is 0 Å². The van der Waals surface area contributed by atoms with E-state index in [1.807, 2.05) is 0 Å². The SMILES string of the molecule is C=C(C)C(=O)OCCO.C=CC(=O)OCCCCCCCCCCCC.O=C(Cl)CC(=O)Cl. The third kappa shape index (κ3) is 37.9. The molecule has 0 saturated heterocycles. The molecule has 9 heteroatoms. The van der Waals surface area contributed by atoms with Crippen LogP contribution in [0.2, 0.25) is 0 Å². The summed E-state index contributed by atoms with van der Waals surface area (Å²) in [4.78, 5) is 40.6. The van der Waals surface area contributed by atoms with Gasteiger partial charge in [-0.3, -0.25) is 9.59 Å². The van der Waals surface area contributed by atoms with E-state index < -0.39 is 16.5 Å². The molecule has 0 aliphatic rings. The van der Waals surface area contributed by atoms with Gasteiger partial charge in [0.15, 0.2) is 0 Å². The summed E-state index contributed by atoms with van der Waals surface area (Å²) >= 11 is 9.46. The van der Waals surface area contributed by atoms with Crippen molar-refractivity contribution < 1.29 is 33.8 Å². The average Bonchev–Trinajstić information content (AvgIpc) is 2.75. The minimum absolute atomic E-state index is 0.0473. The summed E-state index contributed by atoms with van der Waals surface area (Å²) < 4.78 is 9.37. The van der Waals surface area contributed by atoms with Crippen molar-refractivity contribution in [3.63, 3.8) is 0 Å². The average molecular weight is 511 g/mol. The number of hydrogen-bond donors (Lipinski definition) is 1. The molecular formula is C24H40Cl2O7. The first-order chi connectivity index (χ1) is 15.6. The number of esters is 2. The van der Waals surface area contributed by atoms with Crippen LogP contribution < -0.4 is 0 Å². The first-order valence-corrected chi connectivity index (χ1v) is 12.0. The summed E-state index contributed by atoms with van der Waals surface area (Å²) in [5.41, 5.74) is 0.350. The Morgan fingerprint density at radius 3 is 1.61 bits per heavy atom. The van der Waals surface area contributed by atoms with Crippen LogP contribution in [0.4, 0.5) is 0 Å². The first-order valence-electron chi connectivity index (χ1n) is 11.2. The quantitative estimate of drug-likeness (QED) is 0.0885. The van der Waals surface area contributed by atoms with Crippen LogP contribution in [0, 0.1) is 0 Å². The highest BCUT2D eigenvalue weighted by molar-refractivity contribution is 6.72. The Bertz CT molecular complexity index is 551. The minimum Gasteiger partial charge on any atom is -0.463 e. The maximum Gasteiger partial charge on any atom is 0.333 e. The molecule has 0 unspecified atom stereocenters. The minimum atomic E-state index is -0.722. The van der Waals surface area contributed by atoms with Crippen molar-refractivity contribution in [2.24, 2.45) is 0 Å². The van der Waals surface area contributed by atoms with Crippen LogP contribution in [0.15, 0.2) is 24.8 Å². The Balaban J connectivity index is -0.000000469. The molecule has 0 aliphatic heterocycles. The summed E-state index contributed by atoms with van der Waals surface area (Å²) in [6.07, 6.45) is 13.8. The second-order valence-corrected chi connectivity index (χ2v) is 7.92. The molecule has 0 aromatic heterocycles. The highest BCUT2D eigenvalue weighted by Crippen LogP contribution is 2.10. The van der Waals surface area contributed by atoms with Gasteiger partial charge in [-0.2, -0.15) is 0 Å². The van der Waals surface area contributed by atoms with E-state index in [2.05, 4.69) is 24.8 Å². The van der Waals surface area contributed by atoms with E-state index in [9.17, 15) is 19.2 Å². The predicted octanol–water partition coefficient (Wildman–Crippen LogP) is 5.64. The van der Waals surface area contributed by atoms with Crippen LogP contribution in [0.3, 0.4) is 0 Å². The monoisotopic (exact) mass is 510 g/mol. The summed E-state index contributed by atoms with van der Waals surface area (Å²) in [5, 5.41) is 6.75.